The molecule has 0 aliphatic rings. The molecule has 20 heavy (non-hydrogen) atoms. The van der Waals surface area contributed by atoms with Gasteiger partial charge < -0.3 is 10.6 Å². The maximum absolute atomic E-state index is 12.0. The number of nitriles is 1. The zero-order valence-corrected chi connectivity index (χ0v) is 13.6. The van der Waals surface area contributed by atoms with Crippen LogP contribution in [0.2, 0.25) is 0 Å². The van der Waals surface area contributed by atoms with Crippen molar-refractivity contribution in [1.29, 1.82) is 5.26 Å². The largest absolute Gasteiger partial charge is 0.373 e. The Hall–Kier alpha value is -1.54. The van der Waals surface area contributed by atoms with Crippen molar-refractivity contribution in [3.8, 4) is 6.07 Å². The van der Waals surface area contributed by atoms with Crippen LogP contribution in [0.4, 0.5) is 5.69 Å². The first-order chi connectivity index (χ1) is 9.47. The van der Waals surface area contributed by atoms with Gasteiger partial charge in [-0.1, -0.05) is 13.3 Å². The third kappa shape index (κ3) is 4.86. The summed E-state index contributed by atoms with van der Waals surface area (Å²) in [6.45, 7) is 5.92. The van der Waals surface area contributed by atoms with E-state index >= 15 is 0 Å². The smallest absolute Gasteiger partial charge is 0.242 e. The molecule has 5 heteroatoms. The Labute approximate surface area is 128 Å². The highest BCUT2D eigenvalue weighted by Gasteiger charge is 2.15. The second kappa shape index (κ2) is 7.91. The van der Waals surface area contributed by atoms with Crippen molar-refractivity contribution in [2.24, 2.45) is 0 Å². The van der Waals surface area contributed by atoms with E-state index in [-0.39, 0.29) is 18.0 Å². The van der Waals surface area contributed by atoms with E-state index in [1.165, 1.54) is 0 Å². The summed E-state index contributed by atoms with van der Waals surface area (Å²) in [4.78, 5) is 12.0. The summed E-state index contributed by atoms with van der Waals surface area (Å²) in [5.74, 6) is -0.0257. The predicted molar refractivity (Wildman–Crippen MR) is 84.5 cm³/mol. The fourth-order valence-corrected chi connectivity index (χ4v) is 2.37. The average molecular weight is 338 g/mol. The molecular weight excluding hydrogens is 318 g/mol. The zero-order valence-electron chi connectivity index (χ0n) is 12.0. The number of hydrogen-bond acceptors (Lipinski definition) is 3. The number of benzene rings is 1. The van der Waals surface area contributed by atoms with Gasteiger partial charge in [0.25, 0.3) is 0 Å². The van der Waals surface area contributed by atoms with Crippen LogP contribution >= 0.6 is 15.9 Å². The number of carbonyl (C=O) groups is 1. The molecule has 0 bridgehead atoms. The monoisotopic (exact) mass is 337 g/mol. The number of anilines is 1. The lowest BCUT2D eigenvalue weighted by molar-refractivity contribution is -0.122. The molecule has 1 rings (SSSR count). The van der Waals surface area contributed by atoms with E-state index in [9.17, 15) is 4.79 Å². The number of amides is 1. The molecule has 1 aromatic rings. The Morgan fingerprint density at radius 3 is 2.70 bits per heavy atom. The summed E-state index contributed by atoms with van der Waals surface area (Å²) < 4.78 is 0.776. The second-order valence-corrected chi connectivity index (χ2v) is 5.73. The molecule has 0 saturated carbocycles. The molecule has 2 N–H and O–H groups in total. The molecule has 1 aromatic carbocycles. The number of halogens is 1. The summed E-state index contributed by atoms with van der Waals surface area (Å²) >= 11 is 3.40. The topological polar surface area (TPSA) is 64.9 Å². The van der Waals surface area contributed by atoms with E-state index in [0.717, 1.165) is 23.0 Å². The predicted octanol–water partition coefficient (Wildman–Crippen LogP) is 3.43. The van der Waals surface area contributed by atoms with Crippen LogP contribution in [-0.2, 0) is 4.79 Å². The van der Waals surface area contributed by atoms with Gasteiger partial charge in [-0.3, -0.25) is 4.79 Å². The number of nitrogens with one attached hydrogen (secondary N) is 2. The van der Waals surface area contributed by atoms with Gasteiger partial charge in [-0.05, 0) is 54.4 Å². The first-order valence-corrected chi connectivity index (χ1v) is 7.53. The molecule has 0 radical (unpaired) electrons. The maximum Gasteiger partial charge on any atom is 0.242 e. The molecule has 0 heterocycles. The van der Waals surface area contributed by atoms with Gasteiger partial charge >= 0.3 is 0 Å². The molecular formula is C15H20BrN3O. The average Bonchev–Trinajstić information content (AvgIpc) is 2.41. The Balaban J connectivity index is 2.64. The van der Waals surface area contributed by atoms with E-state index in [2.05, 4.69) is 39.6 Å². The minimum atomic E-state index is -0.335. The fourth-order valence-electron chi connectivity index (χ4n) is 1.87. The number of rotatable bonds is 6. The summed E-state index contributed by atoms with van der Waals surface area (Å²) in [5.41, 5.74) is 1.38. The first kappa shape index (κ1) is 16.5. The molecule has 0 aliphatic heterocycles. The molecule has 1 amide bonds. The van der Waals surface area contributed by atoms with Crippen molar-refractivity contribution >= 4 is 27.5 Å². The van der Waals surface area contributed by atoms with Crippen molar-refractivity contribution in [3.05, 3.63) is 28.2 Å². The van der Waals surface area contributed by atoms with Crippen LogP contribution < -0.4 is 10.6 Å². The summed E-state index contributed by atoms with van der Waals surface area (Å²) in [6, 6.07) is 7.16. The van der Waals surface area contributed by atoms with Gasteiger partial charge in [-0.15, -0.1) is 0 Å². The summed E-state index contributed by atoms with van der Waals surface area (Å²) in [7, 11) is 0. The normalized spacial score (nSPS) is 13.2. The minimum Gasteiger partial charge on any atom is -0.373 e. The van der Waals surface area contributed by atoms with E-state index in [0.29, 0.717) is 5.56 Å². The Bertz CT molecular complexity index is 510. The van der Waals surface area contributed by atoms with Crippen LogP contribution in [0.15, 0.2) is 22.7 Å². The van der Waals surface area contributed by atoms with E-state index < -0.39 is 0 Å². The van der Waals surface area contributed by atoms with Crippen LogP contribution in [0.25, 0.3) is 0 Å². The Morgan fingerprint density at radius 2 is 2.15 bits per heavy atom. The van der Waals surface area contributed by atoms with Gasteiger partial charge in [0.1, 0.15) is 6.04 Å². The zero-order chi connectivity index (χ0) is 15.1. The van der Waals surface area contributed by atoms with Gasteiger partial charge in [0.15, 0.2) is 0 Å². The lowest BCUT2D eigenvalue weighted by Crippen LogP contribution is -2.42. The molecule has 4 nitrogen and oxygen atoms in total. The lowest BCUT2D eigenvalue weighted by Gasteiger charge is -2.19. The number of nitrogens with zero attached hydrogens (tertiary/aromatic N) is 1. The fraction of sp³-hybridized carbons (Fsp3) is 0.467. The van der Waals surface area contributed by atoms with E-state index in [4.69, 9.17) is 5.26 Å². The van der Waals surface area contributed by atoms with Crippen LogP contribution in [0.5, 0.6) is 0 Å². The summed E-state index contributed by atoms with van der Waals surface area (Å²) in [5, 5.41) is 14.9. The molecule has 0 fully saturated rings. The van der Waals surface area contributed by atoms with Gasteiger partial charge in [0, 0.05) is 16.2 Å². The third-order valence-corrected chi connectivity index (χ3v) is 3.63. The van der Waals surface area contributed by atoms with Crippen molar-refractivity contribution in [3.63, 3.8) is 0 Å². The third-order valence-electron chi connectivity index (χ3n) is 2.97. The SMILES string of the molecule is CCCC(C)NC(=O)C(C)Nc1ccc(C#N)cc1Br. The highest BCUT2D eigenvalue weighted by Crippen LogP contribution is 2.24. The van der Waals surface area contributed by atoms with Crippen molar-refractivity contribution < 1.29 is 4.79 Å². The van der Waals surface area contributed by atoms with Crippen molar-refractivity contribution in [2.75, 3.05) is 5.32 Å². The maximum atomic E-state index is 12.0. The van der Waals surface area contributed by atoms with Crippen molar-refractivity contribution in [2.45, 2.75) is 45.7 Å². The van der Waals surface area contributed by atoms with E-state index in [1.807, 2.05) is 13.8 Å². The molecule has 0 aromatic heterocycles. The number of carbonyl (C=O) groups excluding carboxylic acids is 1. The molecule has 2 unspecified atom stereocenters. The Morgan fingerprint density at radius 1 is 1.45 bits per heavy atom. The van der Waals surface area contributed by atoms with E-state index in [1.54, 1.807) is 18.2 Å². The second-order valence-electron chi connectivity index (χ2n) is 4.87. The van der Waals surface area contributed by atoms with Gasteiger partial charge in [0.2, 0.25) is 5.91 Å². The van der Waals surface area contributed by atoms with Crippen LogP contribution in [0, 0.1) is 11.3 Å². The molecule has 0 saturated heterocycles. The van der Waals surface area contributed by atoms with Crippen molar-refractivity contribution in [1.82, 2.24) is 5.32 Å². The summed E-state index contributed by atoms with van der Waals surface area (Å²) in [6.07, 6.45) is 2.02. The van der Waals surface area contributed by atoms with Crippen LogP contribution in [0.1, 0.15) is 39.2 Å². The quantitative estimate of drug-likeness (QED) is 0.835. The van der Waals surface area contributed by atoms with Gasteiger partial charge in [0.05, 0.1) is 11.6 Å². The first-order valence-electron chi connectivity index (χ1n) is 6.74. The highest BCUT2D eigenvalue weighted by atomic mass is 79.9. The molecule has 2 atom stereocenters. The number of hydrogen-bond donors (Lipinski definition) is 2. The van der Waals surface area contributed by atoms with Gasteiger partial charge in [-0.2, -0.15) is 5.26 Å². The highest BCUT2D eigenvalue weighted by molar-refractivity contribution is 9.10. The lowest BCUT2D eigenvalue weighted by atomic mass is 10.1. The van der Waals surface area contributed by atoms with Crippen LogP contribution in [-0.4, -0.2) is 18.0 Å². The molecule has 108 valence electrons. The van der Waals surface area contributed by atoms with Gasteiger partial charge in [-0.25, -0.2) is 0 Å². The molecule has 0 spiro atoms. The minimum absolute atomic E-state index is 0.0257. The van der Waals surface area contributed by atoms with Crippen LogP contribution in [0.3, 0.4) is 0 Å². The molecule has 0 aliphatic carbocycles. The Kier molecular flexibility index (Phi) is 6.53. The standard InChI is InChI=1S/C15H20BrN3O/c1-4-5-10(2)18-15(20)11(3)19-14-7-6-12(9-17)8-13(14)16/h6-8,10-11,19H,4-5H2,1-3H3,(H,18,20).